The van der Waals surface area contributed by atoms with Gasteiger partial charge in [-0.05, 0) is 28.9 Å². The normalized spacial score (nSPS) is 13.2. The van der Waals surface area contributed by atoms with Gasteiger partial charge in [0.2, 0.25) is 0 Å². The first kappa shape index (κ1) is 13.0. The zero-order valence-electron chi connectivity index (χ0n) is 10.4. The van der Waals surface area contributed by atoms with Crippen molar-refractivity contribution in [3.8, 4) is 0 Å². The predicted molar refractivity (Wildman–Crippen MR) is 71.7 cm³/mol. The minimum Gasteiger partial charge on any atom is -0.480 e. The third-order valence-electron chi connectivity index (χ3n) is 2.78. The molecule has 1 N–H and O–H groups in total. The SMILES string of the molecule is CC(C)c1nc2cc(Br)cnc2n1C(C)C(=O)O. The van der Waals surface area contributed by atoms with Gasteiger partial charge in [0, 0.05) is 16.6 Å². The lowest BCUT2D eigenvalue weighted by atomic mass is 10.2. The summed E-state index contributed by atoms with van der Waals surface area (Å²) in [6.45, 7) is 5.61. The average Bonchev–Trinajstić information content (AvgIpc) is 2.66. The molecule has 96 valence electrons. The summed E-state index contributed by atoms with van der Waals surface area (Å²) in [7, 11) is 0. The highest BCUT2D eigenvalue weighted by Crippen LogP contribution is 2.26. The molecule has 0 amide bonds. The minimum absolute atomic E-state index is 0.139. The van der Waals surface area contributed by atoms with Crippen LogP contribution in [0.15, 0.2) is 16.7 Å². The molecule has 2 aromatic heterocycles. The number of hydrogen-bond donors (Lipinski definition) is 1. The van der Waals surface area contributed by atoms with Crippen molar-refractivity contribution in [2.45, 2.75) is 32.7 Å². The number of nitrogens with zero attached hydrogens (tertiary/aromatic N) is 3. The number of rotatable bonds is 3. The quantitative estimate of drug-likeness (QED) is 0.946. The van der Waals surface area contributed by atoms with Crippen LogP contribution >= 0.6 is 15.9 Å². The van der Waals surface area contributed by atoms with Crippen molar-refractivity contribution in [1.29, 1.82) is 0 Å². The molecule has 0 fully saturated rings. The molecule has 0 bridgehead atoms. The molecule has 6 heteroatoms. The summed E-state index contributed by atoms with van der Waals surface area (Å²) in [5.74, 6) is -0.00815. The fourth-order valence-electron chi connectivity index (χ4n) is 1.87. The Bertz CT molecular complexity index is 607. The Morgan fingerprint density at radius 3 is 2.67 bits per heavy atom. The molecule has 2 heterocycles. The van der Waals surface area contributed by atoms with Crippen molar-refractivity contribution in [3.05, 3.63) is 22.6 Å². The van der Waals surface area contributed by atoms with Crippen LogP contribution in [0, 0.1) is 0 Å². The summed E-state index contributed by atoms with van der Waals surface area (Å²) in [4.78, 5) is 20.0. The highest BCUT2D eigenvalue weighted by atomic mass is 79.9. The number of imidazole rings is 1. The molecule has 0 saturated carbocycles. The van der Waals surface area contributed by atoms with Gasteiger partial charge in [-0.25, -0.2) is 14.8 Å². The summed E-state index contributed by atoms with van der Waals surface area (Å²) in [5.41, 5.74) is 1.32. The zero-order chi connectivity index (χ0) is 13.4. The maximum Gasteiger partial charge on any atom is 0.326 e. The van der Waals surface area contributed by atoms with E-state index in [1.165, 1.54) is 0 Å². The smallest absolute Gasteiger partial charge is 0.326 e. The number of halogens is 1. The maximum absolute atomic E-state index is 11.2. The van der Waals surface area contributed by atoms with Gasteiger partial charge in [-0.3, -0.25) is 4.57 Å². The molecule has 0 spiro atoms. The van der Waals surface area contributed by atoms with Gasteiger partial charge in [-0.2, -0.15) is 0 Å². The predicted octanol–water partition coefficient (Wildman–Crippen LogP) is 2.96. The van der Waals surface area contributed by atoms with Gasteiger partial charge in [0.1, 0.15) is 17.4 Å². The largest absolute Gasteiger partial charge is 0.480 e. The van der Waals surface area contributed by atoms with Gasteiger partial charge < -0.3 is 5.11 Å². The first-order chi connectivity index (χ1) is 8.41. The van der Waals surface area contributed by atoms with Gasteiger partial charge in [0.05, 0.1) is 0 Å². The highest BCUT2D eigenvalue weighted by Gasteiger charge is 2.23. The molecular weight excluding hydrogens is 298 g/mol. The number of carbonyl (C=O) groups is 1. The van der Waals surface area contributed by atoms with Gasteiger partial charge in [0.15, 0.2) is 5.65 Å². The van der Waals surface area contributed by atoms with E-state index in [-0.39, 0.29) is 5.92 Å². The summed E-state index contributed by atoms with van der Waals surface area (Å²) < 4.78 is 2.52. The average molecular weight is 312 g/mol. The molecule has 1 unspecified atom stereocenters. The Hall–Kier alpha value is -1.43. The van der Waals surface area contributed by atoms with Crippen LogP contribution in [-0.2, 0) is 4.79 Å². The van der Waals surface area contributed by atoms with Crippen LogP contribution in [0.25, 0.3) is 11.2 Å². The van der Waals surface area contributed by atoms with Crippen LogP contribution < -0.4 is 0 Å². The number of aliphatic carboxylic acids is 1. The molecule has 1 atom stereocenters. The van der Waals surface area contributed by atoms with Gasteiger partial charge in [-0.15, -0.1) is 0 Å². The lowest BCUT2D eigenvalue weighted by molar-refractivity contribution is -0.140. The highest BCUT2D eigenvalue weighted by molar-refractivity contribution is 9.10. The molecule has 0 aliphatic carbocycles. The van der Waals surface area contributed by atoms with E-state index in [0.717, 1.165) is 10.3 Å². The fraction of sp³-hybridized carbons (Fsp3) is 0.417. The minimum atomic E-state index is -0.888. The summed E-state index contributed by atoms with van der Waals surface area (Å²) >= 11 is 3.34. The fourth-order valence-corrected chi connectivity index (χ4v) is 2.19. The standard InChI is InChI=1S/C12H14BrN3O2/c1-6(2)10-15-9-4-8(13)5-14-11(9)16(10)7(3)12(17)18/h4-7H,1-3H3,(H,17,18). The Morgan fingerprint density at radius 1 is 1.44 bits per heavy atom. The van der Waals surface area contributed by atoms with Gasteiger partial charge >= 0.3 is 5.97 Å². The molecule has 0 aliphatic rings. The third-order valence-corrected chi connectivity index (χ3v) is 3.22. The van der Waals surface area contributed by atoms with Gasteiger partial charge in [0.25, 0.3) is 0 Å². The van der Waals surface area contributed by atoms with Crippen molar-refractivity contribution < 1.29 is 9.90 Å². The summed E-state index contributed by atoms with van der Waals surface area (Å²) in [6, 6.07) is 1.17. The second-order valence-electron chi connectivity index (χ2n) is 4.51. The Kier molecular flexibility index (Phi) is 3.38. The van der Waals surface area contributed by atoms with Crippen LogP contribution in [0.1, 0.15) is 38.6 Å². The van der Waals surface area contributed by atoms with Crippen molar-refractivity contribution in [1.82, 2.24) is 14.5 Å². The van der Waals surface area contributed by atoms with Crippen molar-refractivity contribution in [2.75, 3.05) is 0 Å². The second-order valence-corrected chi connectivity index (χ2v) is 5.42. The lowest BCUT2D eigenvalue weighted by Gasteiger charge is -2.14. The van der Waals surface area contributed by atoms with Crippen molar-refractivity contribution >= 4 is 33.1 Å². The van der Waals surface area contributed by atoms with E-state index in [2.05, 4.69) is 25.9 Å². The molecular formula is C12H14BrN3O2. The van der Waals surface area contributed by atoms with E-state index in [1.54, 1.807) is 17.7 Å². The number of fused-ring (bicyclic) bond motifs is 1. The summed E-state index contributed by atoms with van der Waals surface area (Å²) in [6.07, 6.45) is 1.65. The Balaban J connectivity index is 2.74. The molecule has 0 aromatic carbocycles. The maximum atomic E-state index is 11.2. The number of aromatic nitrogens is 3. The number of carboxylic acid groups (broad SMARTS) is 1. The topological polar surface area (TPSA) is 68.0 Å². The molecule has 2 rings (SSSR count). The van der Waals surface area contributed by atoms with Crippen LogP contribution in [-0.4, -0.2) is 25.6 Å². The van der Waals surface area contributed by atoms with E-state index < -0.39 is 12.0 Å². The monoisotopic (exact) mass is 311 g/mol. The molecule has 5 nitrogen and oxygen atoms in total. The Labute approximate surface area is 113 Å². The van der Waals surface area contributed by atoms with E-state index in [4.69, 9.17) is 0 Å². The van der Waals surface area contributed by atoms with E-state index >= 15 is 0 Å². The number of carboxylic acids is 1. The number of hydrogen-bond acceptors (Lipinski definition) is 3. The molecule has 0 radical (unpaired) electrons. The molecule has 18 heavy (non-hydrogen) atoms. The zero-order valence-corrected chi connectivity index (χ0v) is 12.0. The number of pyridine rings is 1. The lowest BCUT2D eigenvalue weighted by Crippen LogP contribution is -2.19. The Morgan fingerprint density at radius 2 is 2.11 bits per heavy atom. The van der Waals surface area contributed by atoms with Crippen molar-refractivity contribution in [3.63, 3.8) is 0 Å². The summed E-state index contributed by atoms with van der Waals surface area (Å²) in [5, 5.41) is 9.19. The van der Waals surface area contributed by atoms with Crippen LogP contribution in [0.4, 0.5) is 0 Å². The van der Waals surface area contributed by atoms with E-state index in [1.807, 2.05) is 19.9 Å². The third kappa shape index (κ3) is 2.12. The first-order valence-electron chi connectivity index (χ1n) is 5.68. The van der Waals surface area contributed by atoms with Crippen LogP contribution in [0.5, 0.6) is 0 Å². The molecule has 2 aromatic rings. The van der Waals surface area contributed by atoms with E-state index in [0.29, 0.717) is 11.2 Å². The van der Waals surface area contributed by atoms with Gasteiger partial charge in [-0.1, -0.05) is 13.8 Å². The molecule has 0 saturated heterocycles. The first-order valence-corrected chi connectivity index (χ1v) is 6.47. The van der Waals surface area contributed by atoms with E-state index in [9.17, 15) is 9.90 Å². The second kappa shape index (κ2) is 4.68. The van der Waals surface area contributed by atoms with Crippen LogP contribution in [0.3, 0.4) is 0 Å². The molecule has 0 aliphatic heterocycles. The van der Waals surface area contributed by atoms with Crippen LogP contribution in [0.2, 0.25) is 0 Å². The van der Waals surface area contributed by atoms with Crippen molar-refractivity contribution in [2.24, 2.45) is 0 Å².